The highest BCUT2D eigenvalue weighted by Crippen LogP contribution is 2.35. The zero-order chi connectivity index (χ0) is 18.0. The van der Waals surface area contributed by atoms with Crippen LogP contribution in [0.15, 0.2) is 16.8 Å². The van der Waals surface area contributed by atoms with Gasteiger partial charge in [0.05, 0.1) is 0 Å². The molecule has 0 aromatic carbocycles. The summed E-state index contributed by atoms with van der Waals surface area (Å²) in [6.07, 6.45) is 0.523. The summed E-state index contributed by atoms with van der Waals surface area (Å²) in [6.45, 7) is 8.57. The molecule has 2 saturated heterocycles. The van der Waals surface area contributed by atoms with Crippen molar-refractivity contribution in [2.45, 2.75) is 32.9 Å². The lowest BCUT2D eigenvalue weighted by Crippen LogP contribution is -2.48. The molecule has 25 heavy (non-hydrogen) atoms. The Morgan fingerprint density at radius 3 is 2.72 bits per heavy atom. The van der Waals surface area contributed by atoms with Gasteiger partial charge in [-0.3, -0.25) is 9.69 Å². The highest BCUT2D eigenvalue weighted by Gasteiger charge is 2.46. The van der Waals surface area contributed by atoms with Gasteiger partial charge in [-0.1, -0.05) is 0 Å². The van der Waals surface area contributed by atoms with Crippen molar-refractivity contribution in [1.29, 1.82) is 0 Å². The van der Waals surface area contributed by atoms with Gasteiger partial charge in [0.1, 0.15) is 0 Å². The van der Waals surface area contributed by atoms with Crippen LogP contribution in [0.5, 0.6) is 0 Å². The van der Waals surface area contributed by atoms with Crippen LogP contribution in [0.3, 0.4) is 0 Å². The van der Waals surface area contributed by atoms with Crippen LogP contribution in [-0.2, 0) is 11.3 Å². The van der Waals surface area contributed by atoms with Crippen molar-refractivity contribution in [2.75, 3.05) is 39.8 Å². The second-order valence-corrected chi connectivity index (χ2v) is 8.57. The molecule has 3 amide bonds. The first-order valence-corrected chi connectivity index (χ1v) is 9.84. The molecule has 1 aromatic heterocycles. The molecule has 0 saturated carbocycles. The van der Waals surface area contributed by atoms with Gasteiger partial charge >= 0.3 is 6.03 Å². The number of thiophene rings is 1. The third-order valence-electron chi connectivity index (χ3n) is 4.98. The summed E-state index contributed by atoms with van der Waals surface area (Å²) in [5.41, 5.74) is 1.13. The molecule has 2 aliphatic rings. The maximum Gasteiger partial charge on any atom is 0.317 e. The number of hydrogen-bond donors (Lipinski definition) is 1. The summed E-state index contributed by atoms with van der Waals surface area (Å²) >= 11 is 1.71. The molecule has 3 rings (SSSR count). The first-order valence-electron chi connectivity index (χ1n) is 8.90. The van der Waals surface area contributed by atoms with Crippen LogP contribution in [-0.4, -0.2) is 72.5 Å². The van der Waals surface area contributed by atoms with Crippen molar-refractivity contribution >= 4 is 23.3 Å². The van der Waals surface area contributed by atoms with Gasteiger partial charge < -0.3 is 15.1 Å². The first-order chi connectivity index (χ1) is 11.9. The zero-order valence-electron chi connectivity index (χ0n) is 15.3. The number of carbonyl (C=O) groups is 2. The van der Waals surface area contributed by atoms with E-state index in [0.717, 1.165) is 26.2 Å². The number of urea groups is 1. The molecular formula is C18H28N4O2S. The van der Waals surface area contributed by atoms with Gasteiger partial charge in [-0.2, -0.15) is 11.3 Å². The molecule has 0 unspecified atom stereocenters. The minimum atomic E-state index is -0.174. The standard InChI is InChI=1S/C18H28N4O2S/c1-14(2)19-17(24)22-6-5-21(9-15-4-7-25-10-15)12-18(13-22)8-16(23)20(3)11-18/h4,7,10,14H,5-6,8-9,11-13H2,1-3H3,(H,19,24)/t18-/m0/s1. The van der Waals surface area contributed by atoms with Crippen molar-refractivity contribution < 1.29 is 9.59 Å². The lowest BCUT2D eigenvalue weighted by Gasteiger charge is -2.33. The molecule has 7 heteroatoms. The topological polar surface area (TPSA) is 55.9 Å². The van der Waals surface area contributed by atoms with Crippen LogP contribution in [0, 0.1) is 5.41 Å². The summed E-state index contributed by atoms with van der Waals surface area (Å²) in [5.74, 6) is 0.182. The van der Waals surface area contributed by atoms with Crippen LogP contribution < -0.4 is 5.32 Å². The van der Waals surface area contributed by atoms with Gasteiger partial charge in [0.15, 0.2) is 0 Å². The maximum absolute atomic E-state index is 12.6. The summed E-state index contributed by atoms with van der Waals surface area (Å²) in [7, 11) is 1.86. The molecule has 1 aromatic rings. The van der Waals surface area contributed by atoms with Crippen molar-refractivity contribution in [3.8, 4) is 0 Å². The number of likely N-dealkylation sites (tertiary alicyclic amines) is 1. The predicted molar refractivity (Wildman–Crippen MR) is 99.5 cm³/mol. The summed E-state index contributed by atoms with van der Waals surface area (Å²) in [4.78, 5) is 30.9. The molecule has 138 valence electrons. The van der Waals surface area contributed by atoms with Gasteiger partial charge in [0.25, 0.3) is 0 Å². The quantitative estimate of drug-likeness (QED) is 0.890. The fourth-order valence-corrected chi connectivity index (χ4v) is 4.61. The highest BCUT2D eigenvalue weighted by atomic mass is 32.1. The molecule has 2 aliphatic heterocycles. The van der Waals surface area contributed by atoms with E-state index in [4.69, 9.17) is 0 Å². The van der Waals surface area contributed by atoms with Crippen LogP contribution in [0.25, 0.3) is 0 Å². The molecule has 0 aliphatic carbocycles. The molecule has 0 bridgehead atoms. The number of carbonyl (C=O) groups excluding carboxylic acids is 2. The van der Waals surface area contributed by atoms with Gasteiger partial charge in [0, 0.05) is 64.2 Å². The Kier molecular flexibility index (Phi) is 5.34. The number of hydrogen-bond acceptors (Lipinski definition) is 4. The van der Waals surface area contributed by atoms with Gasteiger partial charge in [-0.25, -0.2) is 4.79 Å². The Morgan fingerprint density at radius 2 is 2.12 bits per heavy atom. The van der Waals surface area contributed by atoms with Crippen LogP contribution in [0.2, 0.25) is 0 Å². The Balaban J connectivity index is 1.78. The van der Waals surface area contributed by atoms with E-state index in [9.17, 15) is 9.59 Å². The minimum absolute atomic E-state index is 0.0197. The molecule has 0 radical (unpaired) electrons. The zero-order valence-corrected chi connectivity index (χ0v) is 16.1. The van der Waals surface area contributed by atoms with Gasteiger partial charge in [0.2, 0.25) is 5.91 Å². The largest absolute Gasteiger partial charge is 0.345 e. The number of rotatable bonds is 3. The van der Waals surface area contributed by atoms with E-state index in [-0.39, 0.29) is 23.4 Å². The SMILES string of the molecule is CC(C)NC(=O)N1CCN(Cc2ccsc2)C[C@@]2(CC(=O)N(C)C2)C1. The Labute approximate surface area is 153 Å². The van der Waals surface area contributed by atoms with Crippen molar-refractivity contribution in [3.05, 3.63) is 22.4 Å². The Morgan fingerprint density at radius 1 is 1.32 bits per heavy atom. The van der Waals surface area contributed by atoms with E-state index < -0.39 is 0 Å². The Bertz CT molecular complexity index is 619. The smallest absolute Gasteiger partial charge is 0.317 e. The predicted octanol–water partition coefficient (Wildman–Crippen LogP) is 1.83. The molecule has 1 spiro atoms. The van der Waals surface area contributed by atoms with E-state index in [0.29, 0.717) is 19.5 Å². The minimum Gasteiger partial charge on any atom is -0.345 e. The molecule has 6 nitrogen and oxygen atoms in total. The van der Waals surface area contributed by atoms with Crippen LogP contribution in [0.4, 0.5) is 4.79 Å². The van der Waals surface area contributed by atoms with E-state index in [1.807, 2.05) is 30.7 Å². The monoisotopic (exact) mass is 364 g/mol. The third-order valence-corrected chi connectivity index (χ3v) is 5.71. The fraction of sp³-hybridized carbons (Fsp3) is 0.667. The Hall–Kier alpha value is -1.60. The lowest BCUT2D eigenvalue weighted by molar-refractivity contribution is -0.126. The molecule has 1 N–H and O–H groups in total. The van der Waals surface area contributed by atoms with Crippen LogP contribution >= 0.6 is 11.3 Å². The molecule has 2 fully saturated rings. The van der Waals surface area contributed by atoms with Gasteiger partial charge in [-0.15, -0.1) is 0 Å². The van der Waals surface area contributed by atoms with Crippen molar-refractivity contribution in [1.82, 2.24) is 20.0 Å². The average Bonchev–Trinajstić information content (AvgIpc) is 3.06. The first kappa shape index (κ1) is 18.2. The molecule has 3 heterocycles. The van der Waals surface area contributed by atoms with E-state index in [1.165, 1.54) is 5.56 Å². The second-order valence-electron chi connectivity index (χ2n) is 7.79. The normalized spacial score (nSPS) is 25.0. The van der Waals surface area contributed by atoms with E-state index in [1.54, 1.807) is 11.3 Å². The summed E-state index contributed by atoms with van der Waals surface area (Å²) < 4.78 is 0. The van der Waals surface area contributed by atoms with E-state index in [2.05, 4.69) is 27.0 Å². The summed E-state index contributed by atoms with van der Waals surface area (Å²) in [6, 6.07) is 2.24. The van der Waals surface area contributed by atoms with Crippen molar-refractivity contribution in [3.63, 3.8) is 0 Å². The molecule has 1 atom stereocenters. The summed E-state index contributed by atoms with van der Waals surface area (Å²) in [5, 5.41) is 7.27. The number of amides is 3. The number of nitrogens with zero attached hydrogens (tertiary/aromatic N) is 3. The third kappa shape index (κ3) is 4.33. The number of nitrogens with one attached hydrogen (secondary N) is 1. The van der Waals surface area contributed by atoms with E-state index >= 15 is 0 Å². The highest BCUT2D eigenvalue weighted by molar-refractivity contribution is 7.07. The average molecular weight is 365 g/mol. The maximum atomic E-state index is 12.6. The second kappa shape index (κ2) is 7.33. The molecular weight excluding hydrogens is 336 g/mol. The van der Waals surface area contributed by atoms with Crippen LogP contribution in [0.1, 0.15) is 25.8 Å². The van der Waals surface area contributed by atoms with Crippen molar-refractivity contribution in [2.24, 2.45) is 5.41 Å². The fourth-order valence-electron chi connectivity index (χ4n) is 3.95. The van der Waals surface area contributed by atoms with Gasteiger partial charge in [-0.05, 0) is 36.2 Å². The lowest BCUT2D eigenvalue weighted by atomic mass is 9.86.